The van der Waals surface area contributed by atoms with Gasteiger partial charge in [0.25, 0.3) is 0 Å². The number of nitrogens with one attached hydrogen (secondary N) is 1. The van der Waals surface area contributed by atoms with E-state index in [1.165, 1.54) is 16.7 Å². The summed E-state index contributed by atoms with van der Waals surface area (Å²) >= 11 is 1.75. The van der Waals surface area contributed by atoms with Crippen molar-refractivity contribution >= 4 is 27.5 Å². The minimum atomic E-state index is -0.297. The molecule has 2 atom stereocenters. The number of rotatable bonds is 5. The molecule has 0 fully saturated rings. The summed E-state index contributed by atoms with van der Waals surface area (Å²) in [5.74, 6) is -0.297. The minimum absolute atomic E-state index is 0.282. The Kier molecular flexibility index (Phi) is 4.92. The largest absolute Gasteiger partial charge is 0.465 e. The zero-order valence-corrected chi connectivity index (χ0v) is 14.9. The van der Waals surface area contributed by atoms with Gasteiger partial charge in [-0.3, -0.25) is 0 Å². The smallest absolute Gasteiger partial charge is 0.337 e. The van der Waals surface area contributed by atoms with Crippen molar-refractivity contribution in [3.8, 4) is 0 Å². The molecule has 0 aliphatic rings. The summed E-state index contributed by atoms with van der Waals surface area (Å²) < 4.78 is 6.01. The number of carbonyl (C=O) groups is 1. The molecule has 0 radical (unpaired) electrons. The van der Waals surface area contributed by atoms with Crippen LogP contribution in [0.4, 0.5) is 0 Å². The van der Waals surface area contributed by atoms with Gasteiger partial charge in [0.2, 0.25) is 0 Å². The summed E-state index contributed by atoms with van der Waals surface area (Å²) in [6, 6.07) is 16.1. The van der Waals surface area contributed by atoms with E-state index in [0.717, 1.165) is 22.6 Å². The highest BCUT2D eigenvalue weighted by atomic mass is 32.1. The summed E-state index contributed by atoms with van der Waals surface area (Å²) in [5.41, 5.74) is 2.77. The van der Waals surface area contributed by atoms with Gasteiger partial charge in [0.05, 0.1) is 29.9 Å². The predicted octanol–water partition coefficient (Wildman–Crippen LogP) is 2.86. The zero-order valence-electron chi connectivity index (χ0n) is 14.1. The second-order valence-electron chi connectivity index (χ2n) is 5.96. The van der Waals surface area contributed by atoms with Crippen LogP contribution in [0.2, 0.25) is 0 Å². The van der Waals surface area contributed by atoms with Gasteiger partial charge in [-0.25, -0.2) is 9.78 Å². The molecule has 3 aromatic rings. The number of para-hydroxylation sites is 1. The number of nitrogens with zero attached hydrogens (tertiary/aromatic N) is 1. The van der Waals surface area contributed by atoms with Crippen molar-refractivity contribution in [1.29, 1.82) is 0 Å². The monoisotopic (exact) mass is 341 g/mol. The maximum Gasteiger partial charge on any atom is 0.337 e. The maximum atomic E-state index is 11.7. The van der Waals surface area contributed by atoms with Crippen LogP contribution in [0.15, 0.2) is 48.5 Å². The lowest BCUT2D eigenvalue weighted by Gasteiger charge is -2.20. The van der Waals surface area contributed by atoms with Gasteiger partial charge in [0.15, 0.2) is 5.01 Å². The van der Waals surface area contributed by atoms with Crippen molar-refractivity contribution in [2.75, 3.05) is 14.2 Å². The Morgan fingerprint density at radius 1 is 1.25 bits per heavy atom. The van der Waals surface area contributed by atoms with Gasteiger partial charge >= 0.3 is 5.97 Å². The Morgan fingerprint density at radius 3 is 2.79 bits per heavy atom. The fourth-order valence-corrected chi connectivity index (χ4v) is 3.80. The first kappa shape index (κ1) is 16.6. The first-order chi connectivity index (χ1) is 11.6. The van der Waals surface area contributed by atoms with Crippen LogP contribution in [0.1, 0.15) is 33.9 Å². The van der Waals surface area contributed by atoms with Crippen LogP contribution in [0.3, 0.4) is 0 Å². The van der Waals surface area contributed by atoms with E-state index in [4.69, 9.17) is 9.72 Å². The third-order valence-electron chi connectivity index (χ3n) is 4.25. The van der Waals surface area contributed by atoms with Crippen LogP contribution in [0.25, 0.3) is 10.2 Å². The number of aromatic nitrogens is 1. The van der Waals surface area contributed by atoms with Crippen molar-refractivity contribution in [1.82, 2.24) is 4.98 Å². The maximum absolute atomic E-state index is 11.7. The molecule has 4 nitrogen and oxygen atoms in total. The number of methoxy groups -OCH3 is 1. The van der Waals surface area contributed by atoms with E-state index in [0.29, 0.717) is 5.56 Å². The quantitative estimate of drug-likeness (QED) is 0.726. The fraction of sp³-hybridized carbons (Fsp3) is 0.263. The molecule has 0 bridgehead atoms. The second-order valence-corrected chi connectivity index (χ2v) is 7.02. The van der Waals surface area contributed by atoms with Crippen LogP contribution >= 0.6 is 11.3 Å². The van der Waals surface area contributed by atoms with E-state index in [1.54, 1.807) is 17.4 Å². The Morgan fingerprint density at radius 2 is 2.04 bits per heavy atom. The van der Waals surface area contributed by atoms with Crippen LogP contribution < -0.4 is 4.90 Å². The van der Waals surface area contributed by atoms with E-state index in [1.807, 2.05) is 30.3 Å². The number of hydrogen-bond donors (Lipinski definition) is 1. The standard InChI is InChI=1S/C19H20N2O2S/c1-13(18-20-16-9-4-5-10-17(16)24-18)21(2)12-14-7-6-8-15(11-14)19(22)23-3/h4-11,13H,12H2,1-3H3/p+1/t13-/m1/s1. The third-order valence-corrected chi connectivity index (χ3v) is 5.47. The molecule has 2 aromatic carbocycles. The number of thiazole rings is 1. The van der Waals surface area contributed by atoms with Crippen LogP contribution in [-0.2, 0) is 11.3 Å². The molecule has 124 valence electrons. The lowest BCUT2D eigenvalue weighted by molar-refractivity contribution is -0.923. The average molecular weight is 341 g/mol. The highest BCUT2D eigenvalue weighted by Gasteiger charge is 2.20. The molecule has 24 heavy (non-hydrogen) atoms. The normalized spacial score (nSPS) is 13.6. The van der Waals surface area contributed by atoms with E-state index >= 15 is 0 Å². The molecule has 1 unspecified atom stereocenters. The van der Waals surface area contributed by atoms with Crippen molar-refractivity contribution in [3.05, 3.63) is 64.7 Å². The Balaban J connectivity index is 1.76. The molecule has 0 saturated carbocycles. The van der Waals surface area contributed by atoms with Gasteiger partial charge in [-0.1, -0.05) is 24.3 Å². The van der Waals surface area contributed by atoms with Crippen molar-refractivity contribution in [2.45, 2.75) is 19.5 Å². The molecule has 1 N–H and O–H groups in total. The molecule has 0 saturated heterocycles. The third kappa shape index (κ3) is 3.47. The number of fused-ring (bicyclic) bond motifs is 1. The van der Waals surface area contributed by atoms with E-state index in [-0.39, 0.29) is 12.0 Å². The number of esters is 1. The number of benzene rings is 2. The number of quaternary nitrogens is 1. The van der Waals surface area contributed by atoms with Crippen molar-refractivity contribution < 1.29 is 14.4 Å². The summed E-state index contributed by atoms with van der Waals surface area (Å²) in [7, 11) is 3.56. The highest BCUT2D eigenvalue weighted by molar-refractivity contribution is 7.18. The molecular weight excluding hydrogens is 320 g/mol. The molecule has 0 aliphatic carbocycles. The van der Waals surface area contributed by atoms with Crippen molar-refractivity contribution in [3.63, 3.8) is 0 Å². The summed E-state index contributed by atoms with van der Waals surface area (Å²) in [4.78, 5) is 17.8. The molecule has 1 aromatic heterocycles. The Labute approximate surface area is 145 Å². The fourth-order valence-electron chi connectivity index (χ4n) is 2.69. The van der Waals surface area contributed by atoms with Crippen LogP contribution in [0.5, 0.6) is 0 Å². The Bertz CT molecular complexity index is 826. The minimum Gasteiger partial charge on any atom is -0.465 e. The second kappa shape index (κ2) is 7.11. The summed E-state index contributed by atoms with van der Waals surface area (Å²) in [6.45, 7) is 3.01. The molecular formula is C19H21N2O2S+. The molecule has 0 aliphatic heterocycles. The van der Waals surface area contributed by atoms with Gasteiger partial charge in [-0.15, -0.1) is 11.3 Å². The zero-order chi connectivity index (χ0) is 17.1. The van der Waals surface area contributed by atoms with Gasteiger partial charge in [-0.2, -0.15) is 0 Å². The number of carbonyl (C=O) groups excluding carboxylic acids is 1. The van der Waals surface area contributed by atoms with Crippen LogP contribution in [-0.4, -0.2) is 25.1 Å². The molecule has 5 heteroatoms. The molecule has 1 heterocycles. The van der Waals surface area contributed by atoms with E-state index in [2.05, 4.69) is 26.1 Å². The number of ether oxygens (including phenoxy) is 1. The number of hydrogen-bond acceptors (Lipinski definition) is 4. The first-order valence-corrected chi connectivity index (χ1v) is 8.75. The topological polar surface area (TPSA) is 43.6 Å². The van der Waals surface area contributed by atoms with E-state index in [9.17, 15) is 4.79 Å². The average Bonchev–Trinajstić information content (AvgIpc) is 3.04. The predicted molar refractivity (Wildman–Crippen MR) is 96.4 cm³/mol. The SMILES string of the molecule is COC(=O)c1cccc(C[NH+](C)[C@H](C)c2nc3ccccc3s2)c1. The lowest BCUT2D eigenvalue weighted by Crippen LogP contribution is -3.07. The lowest BCUT2D eigenvalue weighted by atomic mass is 10.1. The molecule has 0 spiro atoms. The Hall–Kier alpha value is -2.24. The van der Waals surface area contributed by atoms with Gasteiger partial charge in [-0.05, 0) is 31.2 Å². The van der Waals surface area contributed by atoms with Gasteiger partial charge in [0, 0.05) is 5.56 Å². The highest BCUT2D eigenvalue weighted by Crippen LogP contribution is 2.24. The summed E-state index contributed by atoms with van der Waals surface area (Å²) in [5, 5.41) is 1.14. The molecule has 0 amide bonds. The first-order valence-electron chi connectivity index (χ1n) is 7.93. The summed E-state index contributed by atoms with van der Waals surface area (Å²) in [6.07, 6.45) is 0. The van der Waals surface area contributed by atoms with Crippen molar-refractivity contribution in [2.24, 2.45) is 0 Å². The van der Waals surface area contributed by atoms with Gasteiger partial charge in [0.1, 0.15) is 12.6 Å². The van der Waals surface area contributed by atoms with Crippen LogP contribution in [0, 0.1) is 0 Å². The van der Waals surface area contributed by atoms with E-state index < -0.39 is 0 Å². The molecule has 3 rings (SSSR count). The van der Waals surface area contributed by atoms with Gasteiger partial charge < -0.3 is 9.64 Å².